The predicted molar refractivity (Wildman–Crippen MR) is 79.8 cm³/mol. The largest absolute Gasteiger partial charge is 0.491 e. The summed E-state index contributed by atoms with van der Waals surface area (Å²) >= 11 is 3.12. The molecule has 0 aliphatic heterocycles. The zero-order valence-electron chi connectivity index (χ0n) is 11.0. The highest BCUT2D eigenvalue weighted by Crippen LogP contribution is 2.17. The molecule has 0 saturated carbocycles. The van der Waals surface area contributed by atoms with E-state index in [4.69, 9.17) is 10.6 Å². The summed E-state index contributed by atoms with van der Waals surface area (Å²) in [7, 11) is 0. The number of halogens is 1. The molecule has 1 heterocycles. The molecule has 7 nitrogen and oxygen atoms in total. The lowest BCUT2D eigenvalue weighted by Gasteiger charge is -2.11. The van der Waals surface area contributed by atoms with E-state index in [0.717, 1.165) is 0 Å². The number of aromatic nitrogens is 2. The molecule has 0 unspecified atom stereocenters. The van der Waals surface area contributed by atoms with Crippen LogP contribution in [0.5, 0.6) is 5.75 Å². The lowest BCUT2D eigenvalue weighted by Crippen LogP contribution is -2.30. The van der Waals surface area contributed by atoms with E-state index in [1.165, 1.54) is 17.1 Å². The SMILES string of the molecule is NNC(=O)c1ccccc1OCCn1cncc(Br)c1=O. The van der Waals surface area contributed by atoms with Gasteiger partial charge in [-0.15, -0.1) is 0 Å². The number of para-hydroxylation sites is 1. The van der Waals surface area contributed by atoms with Crippen molar-refractivity contribution in [2.45, 2.75) is 6.54 Å². The standard InChI is InChI=1S/C13H13BrN4O3/c14-10-7-16-8-18(13(10)20)5-6-21-11-4-2-1-3-9(11)12(19)17-15/h1-4,7-8H,5-6,15H2,(H,17,19). The average molecular weight is 353 g/mol. The third-order valence-corrected chi connectivity index (χ3v) is 3.26. The number of hydrogen-bond acceptors (Lipinski definition) is 5. The van der Waals surface area contributed by atoms with Gasteiger partial charge in [0.15, 0.2) is 0 Å². The van der Waals surface area contributed by atoms with Gasteiger partial charge in [-0.2, -0.15) is 0 Å². The first-order valence-electron chi connectivity index (χ1n) is 6.06. The van der Waals surface area contributed by atoms with Gasteiger partial charge in [0.05, 0.1) is 18.4 Å². The Bertz CT molecular complexity index is 702. The second-order valence-electron chi connectivity index (χ2n) is 4.06. The predicted octanol–water partition coefficient (Wildman–Crippen LogP) is 0.688. The summed E-state index contributed by atoms with van der Waals surface area (Å²) in [5, 5.41) is 0. The van der Waals surface area contributed by atoms with Crippen LogP contribution in [0.1, 0.15) is 10.4 Å². The van der Waals surface area contributed by atoms with Crippen molar-refractivity contribution in [3.63, 3.8) is 0 Å². The fourth-order valence-electron chi connectivity index (χ4n) is 1.70. The lowest BCUT2D eigenvalue weighted by molar-refractivity contribution is 0.0949. The van der Waals surface area contributed by atoms with Crippen molar-refractivity contribution in [1.82, 2.24) is 15.0 Å². The van der Waals surface area contributed by atoms with Crippen LogP contribution in [0, 0.1) is 0 Å². The second kappa shape index (κ2) is 7.00. The molecule has 0 atom stereocenters. The van der Waals surface area contributed by atoms with Crippen molar-refractivity contribution in [1.29, 1.82) is 0 Å². The summed E-state index contributed by atoms with van der Waals surface area (Å²) in [5.74, 6) is 5.08. The summed E-state index contributed by atoms with van der Waals surface area (Å²) in [5.41, 5.74) is 2.20. The van der Waals surface area contributed by atoms with Gasteiger partial charge in [0, 0.05) is 6.20 Å². The molecule has 0 bridgehead atoms. The number of carbonyl (C=O) groups excluding carboxylic acids is 1. The Balaban J connectivity index is 2.06. The number of amides is 1. The van der Waals surface area contributed by atoms with E-state index in [-0.39, 0.29) is 12.2 Å². The molecule has 0 radical (unpaired) electrons. The number of rotatable bonds is 5. The quantitative estimate of drug-likeness (QED) is 0.468. The van der Waals surface area contributed by atoms with Crippen LogP contribution in [-0.2, 0) is 6.54 Å². The van der Waals surface area contributed by atoms with E-state index in [2.05, 4.69) is 26.3 Å². The maximum Gasteiger partial charge on any atom is 0.268 e. The number of nitrogen functional groups attached to an aromatic ring is 1. The molecule has 2 rings (SSSR count). The van der Waals surface area contributed by atoms with Gasteiger partial charge in [0.2, 0.25) is 0 Å². The van der Waals surface area contributed by atoms with E-state index >= 15 is 0 Å². The minimum atomic E-state index is -0.438. The van der Waals surface area contributed by atoms with Gasteiger partial charge in [-0.25, -0.2) is 10.8 Å². The molecule has 0 saturated heterocycles. The Labute approximate surface area is 128 Å². The normalized spacial score (nSPS) is 10.2. The minimum Gasteiger partial charge on any atom is -0.491 e. The van der Waals surface area contributed by atoms with Crippen molar-refractivity contribution in [3.8, 4) is 5.75 Å². The van der Waals surface area contributed by atoms with Gasteiger partial charge in [0.1, 0.15) is 16.8 Å². The fraction of sp³-hybridized carbons (Fsp3) is 0.154. The van der Waals surface area contributed by atoms with Crippen LogP contribution in [0.25, 0.3) is 0 Å². The van der Waals surface area contributed by atoms with E-state index in [1.54, 1.807) is 24.3 Å². The molecular formula is C13H13BrN4O3. The van der Waals surface area contributed by atoms with Crippen molar-refractivity contribution >= 4 is 21.8 Å². The van der Waals surface area contributed by atoms with Crippen LogP contribution >= 0.6 is 15.9 Å². The first kappa shape index (κ1) is 15.2. The zero-order valence-corrected chi connectivity index (χ0v) is 12.5. The molecule has 1 amide bonds. The number of nitrogens with two attached hydrogens (primary N) is 1. The highest BCUT2D eigenvalue weighted by molar-refractivity contribution is 9.10. The topological polar surface area (TPSA) is 99.2 Å². The summed E-state index contributed by atoms with van der Waals surface area (Å²) < 4.78 is 7.33. The Morgan fingerprint density at radius 1 is 1.43 bits per heavy atom. The van der Waals surface area contributed by atoms with Crippen molar-refractivity contribution in [3.05, 3.63) is 57.2 Å². The fourth-order valence-corrected chi connectivity index (χ4v) is 2.04. The molecule has 3 N–H and O–H groups in total. The lowest BCUT2D eigenvalue weighted by atomic mass is 10.2. The van der Waals surface area contributed by atoms with Crippen LogP contribution in [0.3, 0.4) is 0 Å². The van der Waals surface area contributed by atoms with E-state index in [1.807, 2.05) is 0 Å². The number of nitrogens with one attached hydrogen (secondary N) is 1. The van der Waals surface area contributed by atoms with Crippen molar-refractivity contribution in [2.75, 3.05) is 6.61 Å². The molecular weight excluding hydrogens is 340 g/mol. The molecule has 0 aliphatic rings. The third kappa shape index (κ3) is 3.67. The Morgan fingerprint density at radius 2 is 2.19 bits per heavy atom. The molecule has 8 heteroatoms. The Kier molecular flexibility index (Phi) is 5.07. The Morgan fingerprint density at radius 3 is 2.95 bits per heavy atom. The van der Waals surface area contributed by atoms with Gasteiger partial charge < -0.3 is 4.74 Å². The average Bonchev–Trinajstić information content (AvgIpc) is 2.51. The van der Waals surface area contributed by atoms with E-state index in [9.17, 15) is 9.59 Å². The molecule has 0 aliphatic carbocycles. The second-order valence-corrected chi connectivity index (χ2v) is 4.91. The van der Waals surface area contributed by atoms with Crippen molar-refractivity contribution < 1.29 is 9.53 Å². The summed E-state index contributed by atoms with van der Waals surface area (Å²) in [6.45, 7) is 0.525. The van der Waals surface area contributed by atoms with E-state index < -0.39 is 5.91 Å². The molecule has 2 aromatic rings. The molecule has 110 valence electrons. The van der Waals surface area contributed by atoms with E-state index in [0.29, 0.717) is 22.3 Å². The third-order valence-electron chi connectivity index (χ3n) is 2.71. The summed E-state index contributed by atoms with van der Waals surface area (Å²) in [6.07, 6.45) is 2.86. The molecule has 21 heavy (non-hydrogen) atoms. The summed E-state index contributed by atoms with van der Waals surface area (Å²) in [6, 6.07) is 6.71. The van der Waals surface area contributed by atoms with Crippen LogP contribution in [0.2, 0.25) is 0 Å². The number of hydrogen-bond donors (Lipinski definition) is 2. The highest BCUT2D eigenvalue weighted by atomic mass is 79.9. The maximum absolute atomic E-state index is 11.8. The zero-order chi connectivity index (χ0) is 15.2. The summed E-state index contributed by atoms with van der Waals surface area (Å²) in [4.78, 5) is 27.3. The minimum absolute atomic E-state index is 0.193. The van der Waals surface area contributed by atoms with Gasteiger partial charge in [-0.1, -0.05) is 12.1 Å². The maximum atomic E-state index is 11.8. The first-order valence-corrected chi connectivity index (χ1v) is 6.85. The first-order chi connectivity index (χ1) is 10.1. The number of hydrazine groups is 1. The van der Waals surface area contributed by atoms with Crippen LogP contribution in [-0.4, -0.2) is 22.1 Å². The number of benzene rings is 1. The molecule has 0 spiro atoms. The van der Waals surface area contributed by atoms with Crippen LogP contribution in [0.15, 0.2) is 46.1 Å². The smallest absolute Gasteiger partial charge is 0.268 e. The van der Waals surface area contributed by atoms with Gasteiger partial charge in [-0.05, 0) is 28.1 Å². The molecule has 0 fully saturated rings. The molecule has 1 aromatic carbocycles. The number of nitrogens with zero attached hydrogens (tertiary/aromatic N) is 2. The Hall–Kier alpha value is -2.19. The number of carbonyl (C=O) groups is 1. The highest BCUT2D eigenvalue weighted by Gasteiger charge is 2.10. The monoisotopic (exact) mass is 352 g/mol. The van der Waals surface area contributed by atoms with Crippen LogP contribution in [0.4, 0.5) is 0 Å². The molecule has 1 aromatic heterocycles. The number of ether oxygens (including phenoxy) is 1. The van der Waals surface area contributed by atoms with Crippen molar-refractivity contribution in [2.24, 2.45) is 5.84 Å². The van der Waals surface area contributed by atoms with Crippen LogP contribution < -0.4 is 21.6 Å². The van der Waals surface area contributed by atoms with Gasteiger partial charge >= 0.3 is 0 Å². The van der Waals surface area contributed by atoms with Gasteiger partial charge in [0.25, 0.3) is 11.5 Å². The van der Waals surface area contributed by atoms with Gasteiger partial charge in [-0.3, -0.25) is 19.6 Å².